The molecule has 0 aliphatic carbocycles. The predicted molar refractivity (Wildman–Crippen MR) is 85.5 cm³/mol. The van der Waals surface area contributed by atoms with E-state index in [2.05, 4.69) is 19.2 Å². The van der Waals surface area contributed by atoms with E-state index >= 15 is 0 Å². The molecule has 0 aliphatic heterocycles. The lowest BCUT2D eigenvalue weighted by atomic mass is 10.1. The average Bonchev–Trinajstić information content (AvgIpc) is 2.51. The van der Waals surface area contributed by atoms with Gasteiger partial charge >= 0.3 is 5.97 Å². The maximum atomic E-state index is 11.5. The van der Waals surface area contributed by atoms with Crippen molar-refractivity contribution in [2.45, 2.75) is 20.3 Å². The fourth-order valence-corrected chi connectivity index (χ4v) is 1.62. The van der Waals surface area contributed by atoms with Gasteiger partial charge in [0.05, 0.1) is 7.11 Å². The van der Waals surface area contributed by atoms with Crippen molar-refractivity contribution in [1.29, 1.82) is 0 Å². The summed E-state index contributed by atoms with van der Waals surface area (Å²) in [5.74, 6) is 0.440. The molecule has 0 aliphatic rings. The van der Waals surface area contributed by atoms with Crippen molar-refractivity contribution in [2.24, 2.45) is 5.92 Å². The normalized spacial score (nSPS) is 10.7. The van der Waals surface area contributed by atoms with Gasteiger partial charge in [-0.25, -0.2) is 4.79 Å². The van der Waals surface area contributed by atoms with Gasteiger partial charge in [-0.1, -0.05) is 26.0 Å². The van der Waals surface area contributed by atoms with Crippen LogP contribution in [0.1, 0.15) is 25.8 Å². The van der Waals surface area contributed by atoms with E-state index < -0.39 is 5.97 Å². The maximum Gasteiger partial charge on any atom is 0.331 e. The van der Waals surface area contributed by atoms with Gasteiger partial charge in [-0.05, 0) is 36.1 Å². The maximum absolute atomic E-state index is 11.5. The summed E-state index contributed by atoms with van der Waals surface area (Å²) in [7, 11) is 1.59. The van der Waals surface area contributed by atoms with E-state index in [-0.39, 0.29) is 12.5 Å². The molecular formula is C17H23NO4. The smallest absolute Gasteiger partial charge is 0.331 e. The van der Waals surface area contributed by atoms with Gasteiger partial charge in [-0.15, -0.1) is 0 Å². The lowest BCUT2D eigenvalue weighted by Gasteiger charge is -2.07. The monoisotopic (exact) mass is 305 g/mol. The number of ether oxygens (including phenoxy) is 2. The minimum absolute atomic E-state index is 0.260. The van der Waals surface area contributed by atoms with E-state index in [1.54, 1.807) is 25.3 Å². The van der Waals surface area contributed by atoms with Crippen molar-refractivity contribution in [3.05, 3.63) is 35.9 Å². The molecule has 5 nitrogen and oxygen atoms in total. The van der Waals surface area contributed by atoms with E-state index in [0.717, 1.165) is 17.7 Å². The number of amides is 1. The van der Waals surface area contributed by atoms with Crippen LogP contribution in [0.2, 0.25) is 0 Å². The first kappa shape index (κ1) is 17.8. The molecule has 1 N–H and O–H groups in total. The van der Waals surface area contributed by atoms with Gasteiger partial charge < -0.3 is 14.8 Å². The molecule has 0 aromatic heterocycles. The summed E-state index contributed by atoms with van der Waals surface area (Å²) in [6, 6.07) is 7.24. The molecule has 0 saturated carbocycles. The van der Waals surface area contributed by atoms with E-state index in [4.69, 9.17) is 9.47 Å². The Kier molecular flexibility index (Phi) is 7.75. The number of carbonyl (C=O) groups is 2. The number of hydrogen-bond acceptors (Lipinski definition) is 4. The minimum atomic E-state index is -0.546. The minimum Gasteiger partial charge on any atom is -0.497 e. The standard InChI is InChI=1S/C17H23NO4/c1-13(2)10-11-18-16(19)12-22-17(20)9-6-14-4-7-15(21-3)8-5-14/h4-9,13H,10-12H2,1-3H3,(H,18,19)/b9-6+. The topological polar surface area (TPSA) is 64.6 Å². The highest BCUT2D eigenvalue weighted by Gasteiger charge is 2.04. The summed E-state index contributed by atoms with van der Waals surface area (Å²) in [6.07, 6.45) is 3.82. The fourth-order valence-electron chi connectivity index (χ4n) is 1.62. The number of esters is 1. The van der Waals surface area contributed by atoms with Crippen LogP contribution in [0, 0.1) is 5.92 Å². The molecule has 120 valence electrons. The van der Waals surface area contributed by atoms with Crippen molar-refractivity contribution in [3.8, 4) is 5.75 Å². The highest BCUT2D eigenvalue weighted by Crippen LogP contribution is 2.12. The number of rotatable bonds is 8. The molecule has 22 heavy (non-hydrogen) atoms. The second kappa shape index (κ2) is 9.60. The molecule has 1 amide bonds. The van der Waals surface area contributed by atoms with Crippen LogP contribution in [0.5, 0.6) is 5.75 Å². The summed E-state index contributed by atoms with van der Waals surface area (Å²) in [5.41, 5.74) is 0.846. The van der Waals surface area contributed by atoms with Crippen LogP contribution in [0.3, 0.4) is 0 Å². The summed E-state index contributed by atoms with van der Waals surface area (Å²) < 4.78 is 9.91. The van der Waals surface area contributed by atoms with Gasteiger partial charge in [-0.2, -0.15) is 0 Å². The Morgan fingerprint density at radius 2 is 1.91 bits per heavy atom. The van der Waals surface area contributed by atoms with Crippen LogP contribution in [0.25, 0.3) is 6.08 Å². The third-order valence-electron chi connectivity index (χ3n) is 2.92. The SMILES string of the molecule is COc1ccc(/C=C/C(=O)OCC(=O)NCCC(C)C)cc1. The molecular weight excluding hydrogens is 282 g/mol. The zero-order valence-electron chi connectivity index (χ0n) is 13.3. The number of carbonyl (C=O) groups excluding carboxylic acids is 2. The van der Waals surface area contributed by atoms with E-state index in [1.165, 1.54) is 6.08 Å². The van der Waals surface area contributed by atoms with Gasteiger partial charge in [0.25, 0.3) is 5.91 Å². The molecule has 0 bridgehead atoms. The van der Waals surface area contributed by atoms with Crippen molar-refractivity contribution in [3.63, 3.8) is 0 Å². The van der Waals surface area contributed by atoms with Crippen LogP contribution >= 0.6 is 0 Å². The Morgan fingerprint density at radius 3 is 2.50 bits per heavy atom. The van der Waals surface area contributed by atoms with E-state index in [0.29, 0.717) is 12.5 Å². The molecule has 1 aromatic rings. The lowest BCUT2D eigenvalue weighted by Crippen LogP contribution is -2.29. The Hall–Kier alpha value is -2.30. The predicted octanol–water partition coefficient (Wildman–Crippen LogP) is 2.41. The van der Waals surface area contributed by atoms with Gasteiger partial charge in [0.15, 0.2) is 6.61 Å². The average molecular weight is 305 g/mol. The van der Waals surface area contributed by atoms with Crippen LogP contribution in [-0.2, 0) is 14.3 Å². The number of nitrogens with one attached hydrogen (secondary N) is 1. The zero-order valence-corrected chi connectivity index (χ0v) is 13.3. The Labute approximate surface area is 131 Å². The van der Waals surface area contributed by atoms with E-state index in [1.807, 2.05) is 12.1 Å². The van der Waals surface area contributed by atoms with Crippen LogP contribution in [-0.4, -0.2) is 32.1 Å². The second-order valence-electron chi connectivity index (χ2n) is 5.25. The highest BCUT2D eigenvalue weighted by molar-refractivity contribution is 5.89. The Balaban J connectivity index is 2.30. The van der Waals surface area contributed by atoms with Crippen molar-refractivity contribution >= 4 is 18.0 Å². The molecule has 0 spiro atoms. The third kappa shape index (κ3) is 7.47. The Morgan fingerprint density at radius 1 is 1.23 bits per heavy atom. The first-order valence-electron chi connectivity index (χ1n) is 7.27. The molecule has 0 saturated heterocycles. The van der Waals surface area contributed by atoms with Crippen LogP contribution < -0.4 is 10.1 Å². The lowest BCUT2D eigenvalue weighted by molar-refractivity contribution is -0.143. The molecule has 0 unspecified atom stereocenters. The molecule has 0 radical (unpaired) electrons. The van der Waals surface area contributed by atoms with Gasteiger partial charge in [0, 0.05) is 12.6 Å². The summed E-state index contributed by atoms with van der Waals surface area (Å²) >= 11 is 0. The van der Waals surface area contributed by atoms with Crippen molar-refractivity contribution in [2.75, 3.05) is 20.3 Å². The molecule has 0 heterocycles. The van der Waals surface area contributed by atoms with E-state index in [9.17, 15) is 9.59 Å². The van der Waals surface area contributed by atoms with Gasteiger partial charge in [0.2, 0.25) is 0 Å². The van der Waals surface area contributed by atoms with Crippen molar-refractivity contribution < 1.29 is 19.1 Å². The fraction of sp³-hybridized carbons (Fsp3) is 0.412. The van der Waals surface area contributed by atoms with Crippen LogP contribution in [0.4, 0.5) is 0 Å². The molecule has 0 fully saturated rings. The highest BCUT2D eigenvalue weighted by atomic mass is 16.5. The zero-order chi connectivity index (χ0) is 16.4. The third-order valence-corrected chi connectivity index (χ3v) is 2.92. The first-order valence-corrected chi connectivity index (χ1v) is 7.27. The largest absolute Gasteiger partial charge is 0.497 e. The first-order chi connectivity index (χ1) is 10.5. The second-order valence-corrected chi connectivity index (χ2v) is 5.25. The molecule has 0 atom stereocenters. The van der Waals surface area contributed by atoms with Crippen molar-refractivity contribution in [1.82, 2.24) is 5.32 Å². The molecule has 1 aromatic carbocycles. The summed E-state index contributed by atoms with van der Waals surface area (Å²) in [6.45, 7) is 4.49. The summed E-state index contributed by atoms with van der Waals surface area (Å²) in [4.78, 5) is 23.0. The summed E-state index contributed by atoms with van der Waals surface area (Å²) in [5, 5.41) is 2.70. The van der Waals surface area contributed by atoms with Gasteiger partial charge in [-0.3, -0.25) is 4.79 Å². The Bertz CT molecular complexity index is 506. The molecule has 5 heteroatoms. The quantitative estimate of drug-likeness (QED) is 0.592. The number of benzene rings is 1. The van der Waals surface area contributed by atoms with Gasteiger partial charge in [0.1, 0.15) is 5.75 Å². The number of methoxy groups -OCH3 is 1. The van der Waals surface area contributed by atoms with Crippen LogP contribution in [0.15, 0.2) is 30.3 Å². The molecule has 1 rings (SSSR count). The number of hydrogen-bond donors (Lipinski definition) is 1.